The number of phenols is 1. The molecule has 3 rings (SSSR count). The molecule has 3 aromatic rings. The van der Waals surface area contributed by atoms with Crippen LogP contribution in [0.2, 0.25) is 0 Å². The zero-order chi connectivity index (χ0) is 19.1. The van der Waals surface area contributed by atoms with Gasteiger partial charge in [0.1, 0.15) is 5.75 Å². The second kappa shape index (κ2) is 8.48. The van der Waals surface area contributed by atoms with Gasteiger partial charge in [0.15, 0.2) is 0 Å². The third-order valence-electron chi connectivity index (χ3n) is 3.65. The van der Waals surface area contributed by atoms with Crippen molar-refractivity contribution in [1.82, 2.24) is 0 Å². The van der Waals surface area contributed by atoms with Gasteiger partial charge in [0.2, 0.25) is 0 Å². The van der Waals surface area contributed by atoms with Crippen LogP contribution in [0.5, 0.6) is 5.75 Å². The first-order valence-corrected chi connectivity index (χ1v) is 7.81. The van der Waals surface area contributed by atoms with Gasteiger partial charge in [-0.25, -0.2) is 9.59 Å². The normalized spacial score (nSPS) is 9.73. The Bertz CT molecular complexity index is 881. The molecule has 0 spiro atoms. The lowest BCUT2D eigenvalue weighted by molar-refractivity contribution is 0.0651. The fourth-order valence-corrected chi connectivity index (χ4v) is 2.31. The summed E-state index contributed by atoms with van der Waals surface area (Å²) < 4.78 is 0. The topological polar surface area (TPSA) is 94.8 Å². The van der Waals surface area contributed by atoms with E-state index in [-0.39, 0.29) is 11.1 Å². The van der Waals surface area contributed by atoms with E-state index in [2.05, 4.69) is 6.92 Å². The molecule has 26 heavy (non-hydrogen) atoms. The van der Waals surface area contributed by atoms with E-state index >= 15 is 0 Å². The van der Waals surface area contributed by atoms with Crippen LogP contribution in [0, 0.1) is 6.92 Å². The summed E-state index contributed by atoms with van der Waals surface area (Å²) in [5.41, 5.74) is 2.78. The fourth-order valence-electron chi connectivity index (χ4n) is 2.31. The number of carbonyl (C=O) groups is 2. The lowest BCUT2D eigenvalue weighted by atomic mass is 10.0. The number of carboxylic acid groups (broad SMARTS) is 2. The van der Waals surface area contributed by atoms with E-state index in [9.17, 15) is 14.7 Å². The molecule has 132 valence electrons. The number of phenolic OH excluding ortho intramolecular Hbond substituents is 1. The summed E-state index contributed by atoms with van der Waals surface area (Å²) in [7, 11) is 0. The zero-order valence-corrected chi connectivity index (χ0v) is 14.1. The van der Waals surface area contributed by atoms with Gasteiger partial charge in [-0.05, 0) is 30.7 Å². The summed E-state index contributed by atoms with van der Waals surface area (Å²) in [4.78, 5) is 20.9. The third kappa shape index (κ3) is 4.70. The number of rotatable bonds is 3. The van der Waals surface area contributed by atoms with Crippen molar-refractivity contribution >= 4 is 11.9 Å². The highest BCUT2D eigenvalue weighted by atomic mass is 16.4. The van der Waals surface area contributed by atoms with Crippen molar-refractivity contribution in [3.8, 4) is 16.9 Å². The first-order chi connectivity index (χ1) is 12.4. The molecule has 0 radical (unpaired) electrons. The second-order valence-electron chi connectivity index (χ2n) is 5.54. The molecule has 5 nitrogen and oxygen atoms in total. The molecule has 0 fully saturated rings. The molecule has 3 N–H and O–H groups in total. The van der Waals surface area contributed by atoms with Crippen LogP contribution in [0.15, 0.2) is 72.8 Å². The molecular formula is C21H18O5. The molecule has 0 atom stereocenters. The second-order valence-corrected chi connectivity index (χ2v) is 5.54. The Hall–Kier alpha value is -3.60. The van der Waals surface area contributed by atoms with E-state index in [4.69, 9.17) is 10.2 Å². The Balaban J connectivity index is 0.000000190. The van der Waals surface area contributed by atoms with E-state index in [0.717, 1.165) is 11.1 Å². The SMILES string of the molecule is Cc1ccc(-c2ccccc2O)cc1.O=C(O)c1ccccc1C(=O)O. The highest BCUT2D eigenvalue weighted by Gasteiger charge is 2.13. The van der Waals surface area contributed by atoms with Crippen molar-refractivity contribution in [1.29, 1.82) is 0 Å². The van der Waals surface area contributed by atoms with E-state index in [1.165, 1.54) is 29.8 Å². The number of aryl methyl sites for hydroxylation is 1. The van der Waals surface area contributed by atoms with Gasteiger partial charge in [0, 0.05) is 5.56 Å². The van der Waals surface area contributed by atoms with Gasteiger partial charge in [0.05, 0.1) is 11.1 Å². The zero-order valence-electron chi connectivity index (χ0n) is 14.1. The molecule has 0 saturated heterocycles. The molecule has 0 unspecified atom stereocenters. The monoisotopic (exact) mass is 350 g/mol. The minimum Gasteiger partial charge on any atom is -0.507 e. The molecule has 0 bridgehead atoms. The van der Waals surface area contributed by atoms with Crippen LogP contribution >= 0.6 is 0 Å². The van der Waals surface area contributed by atoms with Gasteiger partial charge < -0.3 is 15.3 Å². The summed E-state index contributed by atoms with van der Waals surface area (Å²) in [6.07, 6.45) is 0. The van der Waals surface area contributed by atoms with Gasteiger partial charge in [-0.1, -0.05) is 60.2 Å². The molecule has 5 heteroatoms. The molecule has 0 aliphatic carbocycles. The minimum atomic E-state index is -1.23. The number of carboxylic acids is 2. The summed E-state index contributed by atoms with van der Waals surface area (Å²) in [5.74, 6) is -2.13. The number of aromatic hydroxyl groups is 1. The van der Waals surface area contributed by atoms with Crippen LogP contribution in [0.1, 0.15) is 26.3 Å². The number of para-hydroxylation sites is 1. The maximum Gasteiger partial charge on any atom is 0.336 e. The summed E-state index contributed by atoms with van der Waals surface area (Å²) in [6.45, 7) is 2.05. The molecule has 3 aromatic carbocycles. The van der Waals surface area contributed by atoms with Crippen molar-refractivity contribution in [2.75, 3.05) is 0 Å². The molecule has 0 aliphatic rings. The molecule has 0 amide bonds. The van der Waals surface area contributed by atoms with Crippen molar-refractivity contribution in [3.05, 3.63) is 89.5 Å². The Morgan fingerprint density at radius 2 is 1.15 bits per heavy atom. The molecule has 0 heterocycles. The number of benzene rings is 3. The highest BCUT2D eigenvalue weighted by molar-refractivity contribution is 6.01. The number of aromatic carboxylic acids is 2. The van der Waals surface area contributed by atoms with Crippen LogP contribution < -0.4 is 0 Å². The Labute approximate surface area is 150 Å². The minimum absolute atomic E-state index is 0.190. The van der Waals surface area contributed by atoms with Gasteiger partial charge in [-0.15, -0.1) is 0 Å². The van der Waals surface area contributed by atoms with Crippen LogP contribution in [-0.2, 0) is 0 Å². The van der Waals surface area contributed by atoms with Gasteiger partial charge in [0.25, 0.3) is 0 Å². The largest absolute Gasteiger partial charge is 0.507 e. The van der Waals surface area contributed by atoms with E-state index in [0.29, 0.717) is 5.75 Å². The average Bonchev–Trinajstić information content (AvgIpc) is 2.63. The lowest BCUT2D eigenvalue weighted by Crippen LogP contribution is -2.06. The van der Waals surface area contributed by atoms with Crippen LogP contribution in [0.25, 0.3) is 11.1 Å². The van der Waals surface area contributed by atoms with Gasteiger partial charge in [-0.3, -0.25) is 0 Å². The fraction of sp³-hybridized carbons (Fsp3) is 0.0476. The summed E-state index contributed by atoms with van der Waals surface area (Å²) >= 11 is 0. The number of hydrogen-bond acceptors (Lipinski definition) is 3. The van der Waals surface area contributed by atoms with Crippen LogP contribution in [-0.4, -0.2) is 27.3 Å². The highest BCUT2D eigenvalue weighted by Crippen LogP contribution is 2.28. The Morgan fingerprint density at radius 3 is 1.62 bits per heavy atom. The van der Waals surface area contributed by atoms with Crippen LogP contribution in [0.3, 0.4) is 0 Å². The average molecular weight is 350 g/mol. The third-order valence-corrected chi connectivity index (χ3v) is 3.65. The Kier molecular flexibility index (Phi) is 6.11. The first kappa shape index (κ1) is 18.7. The predicted molar refractivity (Wildman–Crippen MR) is 98.6 cm³/mol. The smallest absolute Gasteiger partial charge is 0.336 e. The first-order valence-electron chi connectivity index (χ1n) is 7.81. The van der Waals surface area contributed by atoms with Crippen LogP contribution in [0.4, 0.5) is 0 Å². The predicted octanol–water partition coefficient (Wildman–Crippen LogP) is 4.45. The van der Waals surface area contributed by atoms with Crippen molar-refractivity contribution in [3.63, 3.8) is 0 Å². The van der Waals surface area contributed by atoms with Gasteiger partial charge >= 0.3 is 11.9 Å². The molecule has 0 aromatic heterocycles. The lowest BCUT2D eigenvalue weighted by Gasteiger charge is -2.04. The quantitative estimate of drug-likeness (QED) is 0.649. The van der Waals surface area contributed by atoms with E-state index < -0.39 is 11.9 Å². The molecule has 0 aliphatic heterocycles. The van der Waals surface area contributed by atoms with Crippen molar-refractivity contribution < 1.29 is 24.9 Å². The number of hydrogen-bond donors (Lipinski definition) is 3. The Morgan fingerprint density at radius 1 is 0.692 bits per heavy atom. The maximum atomic E-state index is 10.5. The maximum absolute atomic E-state index is 10.5. The van der Waals surface area contributed by atoms with Crippen molar-refractivity contribution in [2.24, 2.45) is 0 Å². The standard InChI is InChI=1S/C13H12O.C8H6O4/c1-10-6-8-11(9-7-10)12-4-2-3-5-13(12)14;9-7(10)5-3-1-2-4-6(5)8(11)12/h2-9,14H,1H3;1-4H,(H,9,10)(H,11,12). The van der Waals surface area contributed by atoms with E-state index in [1.807, 2.05) is 42.5 Å². The van der Waals surface area contributed by atoms with Gasteiger partial charge in [-0.2, -0.15) is 0 Å². The summed E-state index contributed by atoms with van der Waals surface area (Å²) in [6, 6.07) is 21.0. The summed E-state index contributed by atoms with van der Waals surface area (Å²) in [5, 5.41) is 26.7. The van der Waals surface area contributed by atoms with Crippen molar-refractivity contribution in [2.45, 2.75) is 6.92 Å². The van der Waals surface area contributed by atoms with E-state index in [1.54, 1.807) is 6.07 Å². The molecular weight excluding hydrogens is 332 g/mol. The molecule has 0 saturated carbocycles.